The van der Waals surface area contributed by atoms with Crippen LogP contribution in [-0.4, -0.2) is 35.2 Å². The topological polar surface area (TPSA) is 66.5 Å². The number of nitrogens with zero attached hydrogens (tertiary/aromatic N) is 1. The molecule has 1 N–H and O–H groups in total. The van der Waals surface area contributed by atoms with Gasteiger partial charge in [-0.1, -0.05) is 19.1 Å². The molecular weight excluding hydrogens is 268 g/mol. The van der Waals surface area contributed by atoms with E-state index in [-0.39, 0.29) is 41.4 Å². The average molecular weight is 290 g/mol. The van der Waals surface area contributed by atoms with Crippen molar-refractivity contribution in [2.75, 3.05) is 6.54 Å². The fraction of sp³-hybridized carbons (Fsp3) is 0.688. The van der Waals surface area contributed by atoms with Crippen LogP contribution in [0.15, 0.2) is 12.2 Å². The molecular formula is C16H22N2O3. The maximum Gasteiger partial charge on any atom is 0.243 e. The number of imide groups is 1. The van der Waals surface area contributed by atoms with Crippen molar-refractivity contribution in [3.8, 4) is 0 Å². The van der Waals surface area contributed by atoms with Crippen molar-refractivity contribution in [2.24, 2.45) is 23.7 Å². The Labute approximate surface area is 124 Å². The fourth-order valence-electron chi connectivity index (χ4n) is 4.18. The molecule has 0 aromatic carbocycles. The molecule has 114 valence electrons. The van der Waals surface area contributed by atoms with E-state index in [1.54, 1.807) is 0 Å². The Morgan fingerprint density at radius 1 is 1.19 bits per heavy atom. The molecule has 1 saturated carbocycles. The van der Waals surface area contributed by atoms with Crippen molar-refractivity contribution in [1.29, 1.82) is 0 Å². The molecule has 5 atom stereocenters. The number of hydrogen-bond acceptors (Lipinski definition) is 3. The van der Waals surface area contributed by atoms with Crippen LogP contribution in [-0.2, 0) is 14.4 Å². The van der Waals surface area contributed by atoms with E-state index in [1.807, 2.05) is 13.8 Å². The molecule has 2 bridgehead atoms. The molecule has 4 aliphatic rings. The highest BCUT2D eigenvalue weighted by Gasteiger charge is 2.58. The molecule has 1 saturated heterocycles. The third-order valence-electron chi connectivity index (χ3n) is 5.15. The first-order valence-electron chi connectivity index (χ1n) is 7.93. The molecule has 0 spiro atoms. The van der Waals surface area contributed by atoms with Crippen molar-refractivity contribution in [3.63, 3.8) is 0 Å². The Bertz CT molecular complexity index is 482. The molecule has 1 heterocycles. The van der Waals surface area contributed by atoms with Gasteiger partial charge in [0, 0.05) is 6.54 Å². The van der Waals surface area contributed by atoms with E-state index in [0.29, 0.717) is 13.0 Å². The normalized spacial score (nSPS) is 35.0. The molecule has 0 aromatic rings. The number of amides is 3. The van der Waals surface area contributed by atoms with Gasteiger partial charge in [-0.25, -0.2) is 0 Å². The van der Waals surface area contributed by atoms with Gasteiger partial charge in [0.15, 0.2) is 0 Å². The predicted octanol–water partition coefficient (Wildman–Crippen LogP) is 1.10. The van der Waals surface area contributed by atoms with Crippen LogP contribution in [0.25, 0.3) is 0 Å². The lowest BCUT2D eigenvalue weighted by Crippen LogP contribution is -2.49. The molecule has 0 unspecified atom stereocenters. The number of rotatable bonds is 4. The number of hydrogen-bond donors (Lipinski definition) is 1. The summed E-state index contributed by atoms with van der Waals surface area (Å²) in [5.74, 6) is -0.610. The highest BCUT2D eigenvalue weighted by Crippen LogP contribution is 2.50. The molecule has 3 amide bonds. The zero-order chi connectivity index (χ0) is 15.1. The lowest BCUT2D eigenvalue weighted by molar-refractivity contribution is -0.148. The van der Waals surface area contributed by atoms with E-state index < -0.39 is 6.04 Å². The first-order valence-corrected chi connectivity index (χ1v) is 7.93. The van der Waals surface area contributed by atoms with Gasteiger partial charge in [-0.2, -0.15) is 0 Å². The van der Waals surface area contributed by atoms with Gasteiger partial charge in [0.2, 0.25) is 17.7 Å². The van der Waals surface area contributed by atoms with Crippen LogP contribution in [0.2, 0.25) is 0 Å². The van der Waals surface area contributed by atoms with Crippen LogP contribution in [0.4, 0.5) is 0 Å². The Morgan fingerprint density at radius 3 is 2.10 bits per heavy atom. The summed E-state index contributed by atoms with van der Waals surface area (Å²) in [6.45, 7) is 4.18. The first-order chi connectivity index (χ1) is 10.1. The summed E-state index contributed by atoms with van der Waals surface area (Å²) in [4.78, 5) is 38.9. The maximum absolute atomic E-state index is 12.7. The van der Waals surface area contributed by atoms with Crippen molar-refractivity contribution < 1.29 is 14.4 Å². The minimum atomic E-state index is -0.657. The SMILES string of the molecule is CCNC(=O)[C@H](CC)N1C(=O)[C@@H]2[C@@H](C1=O)[C@H]1C=C[C@H]2CC1. The van der Waals surface area contributed by atoms with Gasteiger partial charge in [-0.3, -0.25) is 19.3 Å². The average Bonchev–Trinajstić information content (AvgIpc) is 2.77. The van der Waals surface area contributed by atoms with Gasteiger partial charge in [0.05, 0.1) is 11.8 Å². The molecule has 5 heteroatoms. The highest BCUT2D eigenvalue weighted by atomic mass is 16.2. The van der Waals surface area contributed by atoms with E-state index in [1.165, 1.54) is 4.90 Å². The summed E-state index contributed by atoms with van der Waals surface area (Å²) in [7, 11) is 0. The first kappa shape index (κ1) is 14.3. The second-order valence-corrected chi connectivity index (χ2v) is 6.21. The lowest BCUT2D eigenvalue weighted by Gasteiger charge is -2.38. The number of nitrogens with one attached hydrogen (secondary N) is 1. The summed E-state index contributed by atoms with van der Waals surface area (Å²) >= 11 is 0. The molecule has 5 nitrogen and oxygen atoms in total. The zero-order valence-electron chi connectivity index (χ0n) is 12.5. The molecule has 1 aliphatic heterocycles. The van der Waals surface area contributed by atoms with Crippen LogP contribution in [0, 0.1) is 23.7 Å². The fourth-order valence-corrected chi connectivity index (χ4v) is 4.18. The molecule has 0 aromatic heterocycles. The van der Waals surface area contributed by atoms with Crippen LogP contribution >= 0.6 is 0 Å². The predicted molar refractivity (Wildman–Crippen MR) is 76.9 cm³/mol. The third-order valence-corrected chi connectivity index (χ3v) is 5.15. The highest BCUT2D eigenvalue weighted by molar-refractivity contribution is 6.09. The van der Waals surface area contributed by atoms with Gasteiger partial charge in [-0.15, -0.1) is 0 Å². The summed E-state index contributed by atoms with van der Waals surface area (Å²) < 4.78 is 0. The Hall–Kier alpha value is -1.65. The number of fused-ring (bicyclic) bond motifs is 1. The quantitative estimate of drug-likeness (QED) is 0.623. The molecule has 0 radical (unpaired) electrons. The third kappa shape index (κ3) is 2.01. The second kappa shape index (κ2) is 5.28. The van der Waals surface area contributed by atoms with E-state index in [9.17, 15) is 14.4 Å². The number of allylic oxidation sites excluding steroid dienone is 2. The Morgan fingerprint density at radius 2 is 1.71 bits per heavy atom. The van der Waals surface area contributed by atoms with Crippen molar-refractivity contribution in [2.45, 2.75) is 39.2 Å². The number of likely N-dealkylation sites (tertiary alicyclic amines) is 1. The van der Waals surface area contributed by atoms with E-state index in [2.05, 4.69) is 17.5 Å². The standard InChI is InChI=1S/C16H22N2O3/c1-3-11(14(19)17-4-2)18-15(20)12-9-5-6-10(8-7-9)13(12)16(18)21/h5-6,9-13H,3-4,7-8H2,1-2H3,(H,17,19)/t9-,10-,11-,12-,13-/m0/s1. The van der Waals surface area contributed by atoms with E-state index in [0.717, 1.165) is 12.8 Å². The number of carbonyl (C=O) groups excluding carboxylic acids is 3. The monoisotopic (exact) mass is 290 g/mol. The maximum atomic E-state index is 12.7. The van der Waals surface area contributed by atoms with Gasteiger partial charge >= 0.3 is 0 Å². The number of likely N-dealkylation sites (N-methyl/N-ethyl adjacent to an activating group) is 1. The summed E-state index contributed by atoms with van der Waals surface area (Å²) in [5, 5.41) is 2.73. The van der Waals surface area contributed by atoms with Crippen molar-refractivity contribution in [3.05, 3.63) is 12.2 Å². The van der Waals surface area contributed by atoms with E-state index >= 15 is 0 Å². The minimum Gasteiger partial charge on any atom is -0.355 e. The molecule has 3 aliphatic carbocycles. The summed E-state index contributed by atoms with van der Waals surface area (Å²) in [6, 6.07) is -0.657. The van der Waals surface area contributed by atoms with Crippen molar-refractivity contribution >= 4 is 17.7 Å². The van der Waals surface area contributed by atoms with Gasteiger partial charge in [0.25, 0.3) is 0 Å². The molecule has 4 rings (SSSR count). The van der Waals surface area contributed by atoms with Crippen LogP contribution in [0.1, 0.15) is 33.1 Å². The number of carbonyl (C=O) groups is 3. The van der Waals surface area contributed by atoms with Gasteiger partial charge < -0.3 is 5.32 Å². The lowest BCUT2D eigenvalue weighted by atomic mass is 9.63. The minimum absolute atomic E-state index is 0.137. The van der Waals surface area contributed by atoms with Gasteiger partial charge in [-0.05, 0) is 38.0 Å². The molecule has 2 fully saturated rings. The zero-order valence-corrected chi connectivity index (χ0v) is 12.5. The van der Waals surface area contributed by atoms with Crippen LogP contribution in [0.5, 0.6) is 0 Å². The van der Waals surface area contributed by atoms with E-state index in [4.69, 9.17) is 0 Å². The van der Waals surface area contributed by atoms with Crippen molar-refractivity contribution in [1.82, 2.24) is 10.2 Å². The second-order valence-electron chi connectivity index (χ2n) is 6.21. The van der Waals surface area contributed by atoms with Crippen LogP contribution < -0.4 is 5.32 Å². The Balaban J connectivity index is 1.89. The smallest absolute Gasteiger partial charge is 0.243 e. The molecule has 21 heavy (non-hydrogen) atoms. The Kier molecular flexibility index (Phi) is 3.59. The van der Waals surface area contributed by atoms with Gasteiger partial charge in [0.1, 0.15) is 6.04 Å². The summed E-state index contributed by atoms with van der Waals surface area (Å²) in [6.07, 6.45) is 6.61. The summed E-state index contributed by atoms with van der Waals surface area (Å²) in [5.41, 5.74) is 0. The van der Waals surface area contributed by atoms with Crippen LogP contribution in [0.3, 0.4) is 0 Å². The largest absolute Gasteiger partial charge is 0.355 e.